The summed E-state index contributed by atoms with van der Waals surface area (Å²) < 4.78 is 5.98. The lowest BCUT2D eigenvalue weighted by Gasteiger charge is -2.36. The summed E-state index contributed by atoms with van der Waals surface area (Å²) in [5, 5.41) is 2.41. The van der Waals surface area contributed by atoms with Crippen LogP contribution in [0.2, 0.25) is 0 Å². The monoisotopic (exact) mass is 242 g/mol. The molecule has 3 nitrogen and oxygen atoms in total. The number of fused-ring (bicyclic) bond motifs is 3. The van der Waals surface area contributed by atoms with Gasteiger partial charge >= 0.3 is 0 Å². The summed E-state index contributed by atoms with van der Waals surface area (Å²) in [4.78, 5) is 2.29. The number of benzene rings is 2. The summed E-state index contributed by atoms with van der Waals surface area (Å²) in [5.74, 6) is 1.00. The molecule has 1 unspecified atom stereocenters. The Balaban J connectivity index is 2.09. The molecule has 18 heavy (non-hydrogen) atoms. The first-order valence-corrected chi connectivity index (χ1v) is 6.38. The van der Waals surface area contributed by atoms with Crippen LogP contribution in [0.15, 0.2) is 36.4 Å². The topological polar surface area (TPSA) is 38.5 Å². The molecule has 0 saturated heterocycles. The Kier molecular flexibility index (Phi) is 2.84. The van der Waals surface area contributed by atoms with Crippen LogP contribution in [0.5, 0.6) is 5.75 Å². The van der Waals surface area contributed by atoms with Crippen LogP contribution in [0.1, 0.15) is 6.42 Å². The van der Waals surface area contributed by atoms with Crippen LogP contribution in [-0.4, -0.2) is 26.2 Å². The van der Waals surface area contributed by atoms with Gasteiger partial charge in [-0.2, -0.15) is 0 Å². The summed E-state index contributed by atoms with van der Waals surface area (Å²) in [5.41, 5.74) is 6.82. The molecule has 1 atom stereocenters. The van der Waals surface area contributed by atoms with Crippen molar-refractivity contribution in [3.05, 3.63) is 36.4 Å². The van der Waals surface area contributed by atoms with Gasteiger partial charge in [0.25, 0.3) is 0 Å². The van der Waals surface area contributed by atoms with Gasteiger partial charge in [-0.25, -0.2) is 0 Å². The number of hydrogen-bond acceptors (Lipinski definition) is 3. The van der Waals surface area contributed by atoms with E-state index in [1.54, 1.807) is 0 Å². The lowest BCUT2D eigenvalue weighted by molar-refractivity contribution is 0.264. The number of nitrogens with two attached hydrogens (primary N) is 1. The largest absolute Gasteiger partial charge is 0.489 e. The number of rotatable bonds is 2. The van der Waals surface area contributed by atoms with E-state index in [1.165, 1.54) is 16.5 Å². The molecular weight excluding hydrogens is 224 g/mol. The Morgan fingerprint density at radius 1 is 1.28 bits per heavy atom. The van der Waals surface area contributed by atoms with Gasteiger partial charge in [0.1, 0.15) is 6.61 Å². The molecule has 1 aliphatic heterocycles. The fraction of sp³-hybridized carbons (Fsp3) is 0.333. The maximum absolute atomic E-state index is 5.98. The predicted molar refractivity (Wildman–Crippen MR) is 75.3 cm³/mol. The van der Waals surface area contributed by atoms with Crippen LogP contribution in [0, 0.1) is 0 Å². The Morgan fingerprint density at radius 3 is 2.94 bits per heavy atom. The quantitative estimate of drug-likeness (QED) is 0.878. The second-order valence-corrected chi connectivity index (χ2v) is 4.79. The average Bonchev–Trinajstić information content (AvgIpc) is 2.42. The third-order valence-electron chi connectivity index (χ3n) is 3.71. The number of likely N-dealkylation sites (N-methyl/N-ethyl adjacent to an activating group) is 1. The van der Waals surface area contributed by atoms with E-state index in [0.717, 1.165) is 12.2 Å². The molecule has 2 aromatic rings. The summed E-state index contributed by atoms with van der Waals surface area (Å²) in [6.07, 6.45) is 0.961. The van der Waals surface area contributed by atoms with Gasteiger partial charge in [-0.05, 0) is 24.4 Å². The molecule has 1 heterocycles. The molecule has 1 aliphatic rings. The second-order valence-electron chi connectivity index (χ2n) is 4.79. The average molecular weight is 242 g/mol. The van der Waals surface area contributed by atoms with Crippen LogP contribution >= 0.6 is 0 Å². The molecule has 0 saturated carbocycles. The zero-order valence-corrected chi connectivity index (χ0v) is 10.6. The fourth-order valence-electron chi connectivity index (χ4n) is 2.62. The van der Waals surface area contributed by atoms with E-state index in [-0.39, 0.29) is 0 Å². The fourth-order valence-corrected chi connectivity index (χ4v) is 2.62. The number of anilines is 1. The molecule has 94 valence electrons. The molecule has 3 rings (SSSR count). The van der Waals surface area contributed by atoms with Gasteiger partial charge in [-0.15, -0.1) is 0 Å². The van der Waals surface area contributed by atoms with Crippen LogP contribution < -0.4 is 15.4 Å². The lowest BCUT2D eigenvalue weighted by Crippen LogP contribution is -2.41. The lowest BCUT2D eigenvalue weighted by atomic mass is 10.0. The highest BCUT2D eigenvalue weighted by Crippen LogP contribution is 2.39. The van der Waals surface area contributed by atoms with E-state index >= 15 is 0 Å². The number of ether oxygens (including phenoxy) is 1. The third kappa shape index (κ3) is 1.71. The molecule has 0 amide bonds. The smallest absolute Gasteiger partial charge is 0.150 e. The maximum atomic E-state index is 5.98. The third-order valence-corrected chi connectivity index (χ3v) is 3.71. The first kappa shape index (κ1) is 11.4. The minimum atomic E-state index is 0.378. The van der Waals surface area contributed by atoms with Crippen molar-refractivity contribution in [1.29, 1.82) is 0 Å². The Morgan fingerprint density at radius 2 is 2.11 bits per heavy atom. The molecule has 0 aromatic heterocycles. The van der Waals surface area contributed by atoms with Gasteiger partial charge in [0.2, 0.25) is 0 Å². The number of nitrogens with zero attached hydrogens (tertiary/aromatic N) is 1. The predicted octanol–water partition coefficient (Wildman–Crippen LogP) is 2.39. The van der Waals surface area contributed by atoms with Crippen LogP contribution in [0.3, 0.4) is 0 Å². The van der Waals surface area contributed by atoms with Gasteiger partial charge in [0.15, 0.2) is 5.75 Å². The van der Waals surface area contributed by atoms with Gasteiger partial charge in [0, 0.05) is 12.4 Å². The van der Waals surface area contributed by atoms with Crippen LogP contribution in [-0.2, 0) is 0 Å². The summed E-state index contributed by atoms with van der Waals surface area (Å²) in [7, 11) is 2.12. The van der Waals surface area contributed by atoms with Crippen molar-refractivity contribution in [1.82, 2.24) is 0 Å². The molecule has 0 fully saturated rings. The van der Waals surface area contributed by atoms with Gasteiger partial charge in [0.05, 0.1) is 11.7 Å². The van der Waals surface area contributed by atoms with E-state index in [2.05, 4.69) is 48.3 Å². The maximum Gasteiger partial charge on any atom is 0.150 e. The number of hydrogen-bond donors (Lipinski definition) is 1. The summed E-state index contributed by atoms with van der Waals surface area (Å²) in [6, 6.07) is 13.0. The van der Waals surface area contributed by atoms with E-state index < -0.39 is 0 Å². The van der Waals surface area contributed by atoms with Crippen molar-refractivity contribution in [3.8, 4) is 5.75 Å². The Labute approximate surface area is 107 Å². The highest BCUT2D eigenvalue weighted by molar-refractivity contribution is 5.94. The highest BCUT2D eigenvalue weighted by atomic mass is 16.5. The van der Waals surface area contributed by atoms with Crippen molar-refractivity contribution in [3.63, 3.8) is 0 Å². The second kappa shape index (κ2) is 4.50. The standard InChI is InChI=1S/C15H18N2O/c1-17-12(8-9-16)10-18-15-13-5-3-2-4-11(13)6-7-14(15)17/h2-7,12H,8-10,16H2,1H3. The van der Waals surface area contributed by atoms with Crippen molar-refractivity contribution in [2.45, 2.75) is 12.5 Å². The molecule has 0 bridgehead atoms. The minimum Gasteiger partial charge on any atom is -0.489 e. The molecule has 3 heteroatoms. The van der Waals surface area contributed by atoms with Crippen molar-refractivity contribution in [2.24, 2.45) is 5.73 Å². The Hall–Kier alpha value is -1.74. The molecule has 0 spiro atoms. The molecular formula is C15H18N2O. The zero-order valence-electron chi connectivity index (χ0n) is 10.6. The molecule has 2 aromatic carbocycles. The minimum absolute atomic E-state index is 0.378. The molecule has 2 N–H and O–H groups in total. The van der Waals surface area contributed by atoms with Crippen molar-refractivity contribution in [2.75, 3.05) is 25.1 Å². The zero-order chi connectivity index (χ0) is 12.5. The van der Waals surface area contributed by atoms with Crippen LogP contribution in [0.4, 0.5) is 5.69 Å². The molecule has 0 radical (unpaired) electrons. The van der Waals surface area contributed by atoms with Crippen LogP contribution in [0.25, 0.3) is 10.8 Å². The van der Waals surface area contributed by atoms with Gasteiger partial charge < -0.3 is 15.4 Å². The van der Waals surface area contributed by atoms with Crippen molar-refractivity contribution < 1.29 is 4.74 Å². The first-order valence-electron chi connectivity index (χ1n) is 6.38. The normalized spacial score (nSPS) is 18.6. The summed E-state index contributed by atoms with van der Waals surface area (Å²) in [6.45, 7) is 1.41. The first-order chi connectivity index (χ1) is 8.81. The van der Waals surface area contributed by atoms with E-state index in [1.807, 2.05) is 0 Å². The Bertz CT molecular complexity index is 567. The molecule has 0 aliphatic carbocycles. The summed E-state index contributed by atoms with van der Waals surface area (Å²) >= 11 is 0. The highest BCUT2D eigenvalue weighted by Gasteiger charge is 2.25. The van der Waals surface area contributed by atoms with Gasteiger partial charge in [-0.1, -0.05) is 30.3 Å². The van der Waals surface area contributed by atoms with Crippen molar-refractivity contribution >= 4 is 16.5 Å². The van der Waals surface area contributed by atoms with E-state index in [9.17, 15) is 0 Å². The van der Waals surface area contributed by atoms with Gasteiger partial charge in [-0.3, -0.25) is 0 Å². The SMILES string of the molecule is CN1c2ccc3ccccc3c2OCC1CCN. The van der Waals surface area contributed by atoms with E-state index in [4.69, 9.17) is 10.5 Å². The van der Waals surface area contributed by atoms with E-state index in [0.29, 0.717) is 19.2 Å².